The van der Waals surface area contributed by atoms with E-state index in [1.807, 2.05) is 12.1 Å². The average molecular weight is 469 g/mol. The van der Waals surface area contributed by atoms with E-state index < -0.39 is 16.1 Å². The highest BCUT2D eigenvalue weighted by molar-refractivity contribution is 7.92. The van der Waals surface area contributed by atoms with E-state index in [9.17, 15) is 13.2 Å². The van der Waals surface area contributed by atoms with Crippen LogP contribution in [-0.4, -0.2) is 33.5 Å². The summed E-state index contributed by atoms with van der Waals surface area (Å²) in [5.41, 5.74) is 2.50. The van der Waals surface area contributed by atoms with Gasteiger partial charge in [0.1, 0.15) is 5.75 Å². The molecule has 2 aromatic carbocycles. The average Bonchev–Trinajstić information content (AvgIpc) is 2.82. The van der Waals surface area contributed by atoms with Crippen LogP contribution < -0.4 is 14.4 Å². The van der Waals surface area contributed by atoms with Gasteiger partial charge in [-0.2, -0.15) is 0 Å². The summed E-state index contributed by atoms with van der Waals surface area (Å²) >= 11 is 0. The summed E-state index contributed by atoms with van der Waals surface area (Å²) in [6, 6.07) is 13.9. The van der Waals surface area contributed by atoms with Crippen molar-refractivity contribution in [2.45, 2.75) is 62.9 Å². The molecule has 33 heavy (non-hydrogen) atoms. The summed E-state index contributed by atoms with van der Waals surface area (Å²) in [4.78, 5) is 13.2. The second-order valence-corrected chi connectivity index (χ2v) is 11.6. The van der Waals surface area contributed by atoms with Crippen LogP contribution in [0.3, 0.4) is 0 Å². The van der Waals surface area contributed by atoms with E-state index in [1.54, 1.807) is 36.4 Å². The minimum Gasteiger partial charge on any atom is -0.476 e. The number of rotatable bonds is 5. The normalized spacial score (nSPS) is 18.7. The van der Waals surface area contributed by atoms with Crippen LogP contribution in [0.15, 0.2) is 65.1 Å². The molecule has 0 saturated carbocycles. The number of nitrogens with zero attached hydrogens (tertiary/aromatic N) is 1. The van der Waals surface area contributed by atoms with E-state index in [2.05, 4.69) is 32.2 Å². The van der Waals surface area contributed by atoms with Gasteiger partial charge in [0.25, 0.3) is 15.9 Å². The number of carbonyl (C=O) groups excluding carboxylic acids is 1. The molecule has 0 bridgehead atoms. The summed E-state index contributed by atoms with van der Waals surface area (Å²) in [7, 11) is -3.88. The van der Waals surface area contributed by atoms with Crippen molar-refractivity contribution in [1.29, 1.82) is 0 Å². The lowest BCUT2D eigenvalue weighted by atomic mass is 9.86. The number of ether oxygens (including phenoxy) is 1. The van der Waals surface area contributed by atoms with Crippen LogP contribution in [0.2, 0.25) is 0 Å². The molecular formula is C26H32N2O4S. The van der Waals surface area contributed by atoms with Crippen LogP contribution in [0.5, 0.6) is 5.75 Å². The summed E-state index contributed by atoms with van der Waals surface area (Å²) in [6.07, 6.45) is 5.59. The minimum atomic E-state index is -3.88. The van der Waals surface area contributed by atoms with Gasteiger partial charge in [0.05, 0.1) is 17.1 Å². The molecule has 2 aliphatic rings. The predicted molar refractivity (Wildman–Crippen MR) is 130 cm³/mol. The Labute approximate surface area is 196 Å². The number of benzene rings is 2. The van der Waals surface area contributed by atoms with Crippen molar-refractivity contribution in [3.63, 3.8) is 0 Å². The first kappa shape index (κ1) is 23.4. The van der Waals surface area contributed by atoms with Crippen molar-refractivity contribution in [2.24, 2.45) is 0 Å². The Morgan fingerprint density at radius 3 is 2.55 bits per heavy atom. The molecule has 1 aliphatic carbocycles. The summed E-state index contributed by atoms with van der Waals surface area (Å²) < 4.78 is 34.6. The van der Waals surface area contributed by atoms with Gasteiger partial charge >= 0.3 is 0 Å². The SMILES string of the molecule is CC(C)(C)c1ccc2c(c1)N(S(=O)(=O)c1ccccc1)C[C@H](C(=O)NCC1=CCCCC1)O2. The molecule has 2 aromatic rings. The zero-order valence-corrected chi connectivity index (χ0v) is 20.3. The number of hydrogen-bond donors (Lipinski definition) is 1. The smallest absolute Gasteiger partial charge is 0.264 e. The Kier molecular flexibility index (Phi) is 6.52. The Hall–Kier alpha value is -2.80. The van der Waals surface area contributed by atoms with E-state index in [0.717, 1.165) is 24.8 Å². The molecule has 1 aliphatic heterocycles. The molecule has 1 N–H and O–H groups in total. The lowest BCUT2D eigenvalue weighted by Crippen LogP contribution is -2.51. The second kappa shape index (κ2) is 9.21. The lowest BCUT2D eigenvalue weighted by molar-refractivity contribution is -0.127. The fourth-order valence-electron chi connectivity index (χ4n) is 4.18. The van der Waals surface area contributed by atoms with Crippen LogP contribution >= 0.6 is 0 Å². The van der Waals surface area contributed by atoms with E-state index in [-0.39, 0.29) is 22.8 Å². The van der Waals surface area contributed by atoms with Gasteiger partial charge in [0, 0.05) is 6.54 Å². The Morgan fingerprint density at radius 2 is 1.88 bits per heavy atom. The molecule has 1 atom stereocenters. The quantitative estimate of drug-likeness (QED) is 0.653. The fourth-order valence-corrected chi connectivity index (χ4v) is 5.67. The second-order valence-electron chi connectivity index (χ2n) is 9.71. The number of sulfonamides is 1. The maximum Gasteiger partial charge on any atom is 0.264 e. The highest BCUT2D eigenvalue weighted by atomic mass is 32.2. The number of nitrogens with one attached hydrogen (secondary N) is 1. The highest BCUT2D eigenvalue weighted by Crippen LogP contribution is 2.40. The van der Waals surface area contributed by atoms with Crippen molar-refractivity contribution < 1.29 is 17.9 Å². The monoisotopic (exact) mass is 468 g/mol. The number of carbonyl (C=O) groups is 1. The first-order chi connectivity index (χ1) is 15.7. The van der Waals surface area contributed by atoms with Crippen molar-refractivity contribution >= 4 is 21.6 Å². The molecular weight excluding hydrogens is 436 g/mol. The third-order valence-electron chi connectivity index (χ3n) is 6.19. The van der Waals surface area contributed by atoms with Crippen molar-refractivity contribution in [3.05, 3.63) is 65.7 Å². The van der Waals surface area contributed by atoms with Crippen LogP contribution in [0.1, 0.15) is 52.0 Å². The largest absolute Gasteiger partial charge is 0.476 e. The van der Waals surface area contributed by atoms with Gasteiger partial charge in [-0.25, -0.2) is 8.42 Å². The van der Waals surface area contributed by atoms with E-state index in [1.165, 1.54) is 16.3 Å². The molecule has 0 radical (unpaired) electrons. The summed E-state index contributed by atoms with van der Waals surface area (Å²) in [5.74, 6) is 0.0890. The third kappa shape index (κ3) is 5.08. The fraction of sp³-hybridized carbons (Fsp3) is 0.423. The molecule has 0 saturated heterocycles. The Morgan fingerprint density at radius 1 is 1.12 bits per heavy atom. The third-order valence-corrected chi connectivity index (χ3v) is 7.99. The maximum atomic E-state index is 13.6. The first-order valence-electron chi connectivity index (χ1n) is 11.5. The molecule has 0 spiro atoms. The van der Waals surface area contributed by atoms with Gasteiger partial charge in [-0.1, -0.05) is 56.7 Å². The number of fused-ring (bicyclic) bond motifs is 1. The molecule has 1 amide bonds. The molecule has 4 rings (SSSR count). The minimum absolute atomic E-state index is 0.0807. The molecule has 0 aromatic heterocycles. The zero-order valence-electron chi connectivity index (χ0n) is 19.5. The van der Waals surface area contributed by atoms with E-state index in [4.69, 9.17) is 4.74 Å². The first-order valence-corrected chi connectivity index (χ1v) is 12.9. The molecule has 0 fully saturated rings. The molecule has 1 heterocycles. The Balaban J connectivity index is 1.66. The summed E-state index contributed by atoms with van der Waals surface area (Å²) in [5, 5.41) is 2.95. The van der Waals surface area contributed by atoms with Gasteiger partial charge in [0.2, 0.25) is 0 Å². The number of allylic oxidation sites excluding steroid dienone is 1. The van der Waals surface area contributed by atoms with Crippen LogP contribution in [0.25, 0.3) is 0 Å². The van der Waals surface area contributed by atoms with Gasteiger partial charge < -0.3 is 10.1 Å². The lowest BCUT2D eigenvalue weighted by Gasteiger charge is -2.36. The van der Waals surface area contributed by atoms with Crippen LogP contribution in [0.4, 0.5) is 5.69 Å². The highest BCUT2D eigenvalue weighted by Gasteiger charge is 2.38. The van der Waals surface area contributed by atoms with Gasteiger partial charge in [-0.3, -0.25) is 9.10 Å². The standard InChI is InChI=1S/C26H32N2O4S/c1-26(2,3)20-14-15-23-22(16-20)28(33(30,31)21-12-8-5-9-13-21)18-24(32-23)25(29)27-17-19-10-6-4-7-11-19/h5,8-10,12-16,24H,4,6-7,11,17-18H2,1-3H3,(H,27,29)/t24-/m1/s1. The van der Waals surface area contributed by atoms with Gasteiger partial charge in [-0.15, -0.1) is 0 Å². The van der Waals surface area contributed by atoms with Gasteiger partial charge in [-0.05, 0) is 60.9 Å². The van der Waals surface area contributed by atoms with Crippen molar-refractivity contribution in [2.75, 3.05) is 17.4 Å². The topological polar surface area (TPSA) is 75.7 Å². The van der Waals surface area contributed by atoms with Crippen molar-refractivity contribution in [1.82, 2.24) is 5.32 Å². The van der Waals surface area contributed by atoms with E-state index >= 15 is 0 Å². The molecule has 6 nitrogen and oxygen atoms in total. The molecule has 176 valence electrons. The number of anilines is 1. The number of hydrogen-bond acceptors (Lipinski definition) is 4. The molecule has 0 unspecified atom stereocenters. The zero-order chi connectivity index (χ0) is 23.6. The van der Waals surface area contributed by atoms with Crippen LogP contribution in [0, 0.1) is 0 Å². The van der Waals surface area contributed by atoms with E-state index in [0.29, 0.717) is 18.0 Å². The van der Waals surface area contributed by atoms with Crippen molar-refractivity contribution in [3.8, 4) is 5.75 Å². The summed E-state index contributed by atoms with van der Waals surface area (Å²) in [6.45, 7) is 6.61. The maximum absolute atomic E-state index is 13.6. The van der Waals surface area contributed by atoms with Crippen LogP contribution in [-0.2, 0) is 20.2 Å². The molecule has 7 heteroatoms. The number of amides is 1. The Bertz CT molecular complexity index is 1150. The predicted octanol–water partition coefficient (Wildman–Crippen LogP) is 4.56. The van der Waals surface area contributed by atoms with Gasteiger partial charge in [0.15, 0.2) is 6.10 Å².